The van der Waals surface area contributed by atoms with Gasteiger partial charge in [-0.05, 0) is 25.5 Å². The Labute approximate surface area is 114 Å². The summed E-state index contributed by atoms with van der Waals surface area (Å²) in [6, 6.07) is 0.829. The number of carbonyl (C=O) groups is 1. The third kappa shape index (κ3) is 2.64. The summed E-state index contributed by atoms with van der Waals surface area (Å²) < 4.78 is 44.7. The lowest BCUT2D eigenvalue weighted by atomic mass is 9.83. The van der Waals surface area contributed by atoms with E-state index in [2.05, 4.69) is 5.32 Å². The third-order valence-electron chi connectivity index (χ3n) is 3.32. The highest BCUT2D eigenvalue weighted by atomic mass is 19.2. The molecule has 1 amide bonds. The number of hydrogen-bond acceptors (Lipinski definition) is 3. The van der Waals surface area contributed by atoms with Crippen LogP contribution >= 0.6 is 0 Å². The molecule has 1 aromatic rings. The van der Waals surface area contributed by atoms with Crippen molar-refractivity contribution >= 4 is 5.91 Å². The van der Waals surface area contributed by atoms with E-state index >= 15 is 0 Å². The monoisotopic (exact) mass is 288 g/mol. The number of ether oxygens (including phenoxy) is 1. The average molecular weight is 288 g/mol. The molecule has 2 rings (SSSR count). The van der Waals surface area contributed by atoms with E-state index in [4.69, 9.17) is 10.5 Å². The maximum absolute atomic E-state index is 13.5. The van der Waals surface area contributed by atoms with Gasteiger partial charge in [0.15, 0.2) is 17.5 Å². The number of carbonyl (C=O) groups excluding carboxylic acids is 1. The number of benzene rings is 1. The zero-order chi connectivity index (χ0) is 14.9. The maximum Gasteiger partial charge on any atom is 0.254 e. The van der Waals surface area contributed by atoms with Gasteiger partial charge in [0.05, 0.1) is 17.7 Å². The fourth-order valence-corrected chi connectivity index (χ4v) is 2.16. The Morgan fingerprint density at radius 2 is 2.10 bits per heavy atom. The molecule has 4 nitrogen and oxygen atoms in total. The van der Waals surface area contributed by atoms with Crippen molar-refractivity contribution in [3.05, 3.63) is 35.1 Å². The van der Waals surface area contributed by atoms with Gasteiger partial charge in [-0.25, -0.2) is 13.2 Å². The summed E-state index contributed by atoms with van der Waals surface area (Å²) in [5, 5.41) is 2.49. The Bertz CT molecular complexity index is 523. The molecule has 0 radical (unpaired) electrons. The fourth-order valence-electron chi connectivity index (χ4n) is 2.16. The molecule has 0 saturated heterocycles. The van der Waals surface area contributed by atoms with Crippen molar-refractivity contribution in [3.8, 4) is 0 Å². The third-order valence-corrected chi connectivity index (χ3v) is 3.32. The summed E-state index contributed by atoms with van der Waals surface area (Å²) >= 11 is 0. The van der Waals surface area contributed by atoms with E-state index in [9.17, 15) is 18.0 Å². The highest BCUT2D eigenvalue weighted by Crippen LogP contribution is 2.23. The van der Waals surface area contributed by atoms with E-state index in [1.165, 1.54) is 0 Å². The zero-order valence-electron chi connectivity index (χ0n) is 10.8. The molecular formula is C13H15F3N2O2. The van der Waals surface area contributed by atoms with Crippen molar-refractivity contribution in [1.29, 1.82) is 0 Å². The first kappa shape index (κ1) is 14.8. The van der Waals surface area contributed by atoms with Crippen molar-refractivity contribution in [1.82, 2.24) is 5.32 Å². The Morgan fingerprint density at radius 1 is 1.40 bits per heavy atom. The van der Waals surface area contributed by atoms with Crippen molar-refractivity contribution in [2.45, 2.75) is 31.5 Å². The van der Waals surface area contributed by atoms with Crippen LogP contribution in [0.4, 0.5) is 13.2 Å². The second-order valence-electron chi connectivity index (χ2n) is 4.62. The maximum atomic E-state index is 13.5. The van der Waals surface area contributed by atoms with E-state index in [0.29, 0.717) is 19.1 Å². The molecule has 0 aliphatic heterocycles. The molecule has 1 fully saturated rings. The molecule has 1 aromatic carbocycles. The summed E-state index contributed by atoms with van der Waals surface area (Å²) in [5.41, 5.74) is 5.18. The largest absolute Gasteiger partial charge is 0.376 e. The Hall–Kier alpha value is -1.60. The fraction of sp³-hybridized carbons (Fsp3) is 0.462. The summed E-state index contributed by atoms with van der Waals surface area (Å²) in [5.74, 6) is -5.36. The number of nitrogens with two attached hydrogens (primary N) is 1. The van der Waals surface area contributed by atoms with Crippen molar-refractivity contribution in [2.75, 3.05) is 6.61 Å². The zero-order valence-corrected chi connectivity index (χ0v) is 10.8. The molecule has 3 unspecified atom stereocenters. The van der Waals surface area contributed by atoms with Gasteiger partial charge in [-0.1, -0.05) is 0 Å². The van der Waals surface area contributed by atoms with Crippen LogP contribution < -0.4 is 11.1 Å². The topological polar surface area (TPSA) is 64.3 Å². The standard InChI is InChI=1S/C13H15F3N2O2/c1-2-20-9-5-8(17)12(9)18-13(19)6-3-4-7(14)11(16)10(6)15/h3-4,8-9,12H,2,5,17H2,1H3,(H,18,19). The Morgan fingerprint density at radius 3 is 2.70 bits per heavy atom. The summed E-state index contributed by atoms with van der Waals surface area (Å²) in [6.07, 6.45) is 0.339. The van der Waals surface area contributed by atoms with Crippen LogP contribution in [-0.2, 0) is 4.74 Å². The van der Waals surface area contributed by atoms with Gasteiger partial charge in [-0.2, -0.15) is 0 Å². The van der Waals surface area contributed by atoms with Crippen molar-refractivity contribution < 1.29 is 22.7 Å². The van der Waals surface area contributed by atoms with Crippen LogP contribution in [0.15, 0.2) is 12.1 Å². The van der Waals surface area contributed by atoms with Crippen LogP contribution in [0.1, 0.15) is 23.7 Å². The van der Waals surface area contributed by atoms with Crippen LogP contribution in [0.5, 0.6) is 0 Å². The van der Waals surface area contributed by atoms with Gasteiger partial charge in [-0.3, -0.25) is 4.79 Å². The molecule has 1 aliphatic carbocycles. The Kier molecular flexibility index (Phi) is 4.29. The van der Waals surface area contributed by atoms with Crippen LogP contribution in [0.3, 0.4) is 0 Å². The molecule has 0 spiro atoms. The van der Waals surface area contributed by atoms with Gasteiger partial charge < -0.3 is 15.8 Å². The molecule has 7 heteroatoms. The predicted molar refractivity (Wildman–Crippen MR) is 65.6 cm³/mol. The van der Waals surface area contributed by atoms with E-state index in [-0.39, 0.29) is 12.1 Å². The van der Waals surface area contributed by atoms with Gasteiger partial charge in [0, 0.05) is 12.6 Å². The van der Waals surface area contributed by atoms with Crippen molar-refractivity contribution in [3.63, 3.8) is 0 Å². The first-order valence-corrected chi connectivity index (χ1v) is 6.27. The second kappa shape index (κ2) is 5.80. The van der Waals surface area contributed by atoms with Gasteiger partial charge >= 0.3 is 0 Å². The van der Waals surface area contributed by atoms with Crippen LogP contribution in [0.2, 0.25) is 0 Å². The quantitative estimate of drug-likeness (QED) is 0.822. The van der Waals surface area contributed by atoms with E-state index < -0.39 is 35.0 Å². The molecule has 0 aromatic heterocycles. The highest BCUT2D eigenvalue weighted by molar-refractivity contribution is 5.94. The number of rotatable bonds is 4. The first-order chi connectivity index (χ1) is 9.45. The second-order valence-corrected chi connectivity index (χ2v) is 4.62. The van der Waals surface area contributed by atoms with Crippen LogP contribution in [-0.4, -0.2) is 30.7 Å². The highest BCUT2D eigenvalue weighted by Gasteiger charge is 2.40. The van der Waals surface area contributed by atoms with Crippen LogP contribution in [0.25, 0.3) is 0 Å². The smallest absolute Gasteiger partial charge is 0.254 e. The Balaban J connectivity index is 2.11. The average Bonchev–Trinajstić information content (AvgIpc) is 2.42. The van der Waals surface area contributed by atoms with E-state index in [1.54, 1.807) is 6.92 Å². The molecular weight excluding hydrogens is 273 g/mol. The lowest BCUT2D eigenvalue weighted by molar-refractivity contribution is -0.0300. The molecule has 3 N–H and O–H groups in total. The summed E-state index contributed by atoms with van der Waals surface area (Å²) in [6.45, 7) is 2.26. The lowest BCUT2D eigenvalue weighted by Gasteiger charge is -2.42. The molecule has 1 saturated carbocycles. The lowest BCUT2D eigenvalue weighted by Crippen LogP contribution is -2.64. The summed E-state index contributed by atoms with van der Waals surface area (Å²) in [7, 11) is 0. The van der Waals surface area contributed by atoms with Crippen LogP contribution in [0, 0.1) is 17.5 Å². The van der Waals surface area contributed by atoms with Gasteiger partial charge in [-0.15, -0.1) is 0 Å². The molecule has 0 heterocycles. The minimum absolute atomic E-state index is 0.243. The number of amides is 1. The van der Waals surface area contributed by atoms with Gasteiger partial charge in [0.1, 0.15) is 0 Å². The predicted octanol–water partition coefficient (Wildman–Crippen LogP) is 1.34. The number of nitrogens with one attached hydrogen (secondary N) is 1. The molecule has 20 heavy (non-hydrogen) atoms. The SMILES string of the molecule is CCOC1CC(N)C1NC(=O)c1ccc(F)c(F)c1F. The molecule has 0 bridgehead atoms. The molecule has 110 valence electrons. The number of hydrogen-bond donors (Lipinski definition) is 2. The molecule has 1 aliphatic rings. The number of halogens is 3. The van der Waals surface area contributed by atoms with E-state index in [1.807, 2.05) is 0 Å². The van der Waals surface area contributed by atoms with E-state index in [0.717, 1.165) is 6.07 Å². The van der Waals surface area contributed by atoms with Crippen molar-refractivity contribution in [2.24, 2.45) is 5.73 Å². The molecule has 3 atom stereocenters. The minimum atomic E-state index is -1.67. The normalized spacial score (nSPS) is 25.1. The van der Waals surface area contributed by atoms with Gasteiger partial charge in [0.25, 0.3) is 5.91 Å². The summed E-state index contributed by atoms with van der Waals surface area (Å²) in [4.78, 5) is 11.9. The minimum Gasteiger partial charge on any atom is -0.376 e. The first-order valence-electron chi connectivity index (χ1n) is 6.27. The van der Waals surface area contributed by atoms with Gasteiger partial charge in [0.2, 0.25) is 0 Å².